The first kappa shape index (κ1) is 16.6. The summed E-state index contributed by atoms with van der Waals surface area (Å²) < 4.78 is 0. The quantitative estimate of drug-likeness (QED) is 0.784. The largest absolute Gasteiger partial charge is 0.352 e. The molecule has 0 aliphatic carbocycles. The van der Waals surface area contributed by atoms with Crippen molar-refractivity contribution in [3.63, 3.8) is 0 Å². The Morgan fingerprint density at radius 1 is 1.17 bits per heavy atom. The summed E-state index contributed by atoms with van der Waals surface area (Å²) in [7, 11) is 0. The Kier molecular flexibility index (Phi) is 4.62. The van der Waals surface area contributed by atoms with Crippen LogP contribution in [0.1, 0.15) is 37.7 Å². The van der Waals surface area contributed by atoms with Crippen molar-refractivity contribution in [1.82, 2.24) is 15.3 Å². The maximum Gasteiger partial charge on any atom is 0.252 e. The van der Waals surface area contributed by atoms with Crippen LogP contribution in [0.4, 0.5) is 0 Å². The van der Waals surface area contributed by atoms with E-state index in [-0.39, 0.29) is 5.91 Å². The van der Waals surface area contributed by atoms with Crippen molar-refractivity contribution in [1.29, 1.82) is 0 Å². The van der Waals surface area contributed by atoms with Crippen molar-refractivity contribution in [2.45, 2.75) is 34.1 Å². The molecule has 0 aliphatic rings. The lowest BCUT2D eigenvalue weighted by molar-refractivity contribution is 0.0955. The van der Waals surface area contributed by atoms with Crippen LogP contribution in [0, 0.1) is 27.7 Å². The number of pyridine rings is 1. The highest BCUT2D eigenvalue weighted by molar-refractivity contribution is 7.09. The van der Waals surface area contributed by atoms with Crippen LogP contribution in [-0.2, 0) is 6.42 Å². The number of carbonyl (C=O) groups excluding carboxylic acids is 1. The lowest BCUT2D eigenvalue weighted by atomic mass is 9.99. The number of thiazole rings is 1. The van der Waals surface area contributed by atoms with Gasteiger partial charge in [0, 0.05) is 28.9 Å². The summed E-state index contributed by atoms with van der Waals surface area (Å²) >= 11 is 1.63. The molecular formula is C19H21N3OS. The predicted octanol–water partition coefficient (Wildman–Crippen LogP) is 3.90. The monoisotopic (exact) mass is 339 g/mol. The highest BCUT2D eigenvalue weighted by Crippen LogP contribution is 2.24. The van der Waals surface area contributed by atoms with Crippen molar-refractivity contribution < 1.29 is 4.79 Å². The van der Waals surface area contributed by atoms with E-state index in [0.717, 1.165) is 45.4 Å². The number of fused-ring (bicyclic) bond motifs is 1. The molecule has 1 aromatic carbocycles. The molecule has 0 radical (unpaired) electrons. The van der Waals surface area contributed by atoms with E-state index >= 15 is 0 Å². The summed E-state index contributed by atoms with van der Waals surface area (Å²) in [4.78, 5) is 22.9. The van der Waals surface area contributed by atoms with E-state index in [1.807, 2.05) is 51.4 Å². The molecule has 0 saturated heterocycles. The zero-order valence-electron chi connectivity index (χ0n) is 14.4. The van der Waals surface area contributed by atoms with Gasteiger partial charge in [0.05, 0.1) is 22.3 Å². The van der Waals surface area contributed by atoms with E-state index in [1.165, 1.54) is 4.88 Å². The molecule has 0 bridgehead atoms. The fourth-order valence-corrected chi connectivity index (χ4v) is 3.61. The van der Waals surface area contributed by atoms with Crippen molar-refractivity contribution in [2.24, 2.45) is 0 Å². The van der Waals surface area contributed by atoms with Crippen molar-refractivity contribution in [2.75, 3.05) is 6.54 Å². The summed E-state index contributed by atoms with van der Waals surface area (Å²) in [6, 6.07) is 6.05. The van der Waals surface area contributed by atoms with Crippen LogP contribution in [0.2, 0.25) is 0 Å². The molecule has 0 saturated carbocycles. The maximum atomic E-state index is 12.8. The van der Waals surface area contributed by atoms with Crippen LogP contribution < -0.4 is 5.32 Å². The zero-order chi connectivity index (χ0) is 17.3. The molecule has 5 heteroatoms. The minimum atomic E-state index is -0.0317. The second-order valence-corrected chi connectivity index (χ2v) is 7.02. The Hall–Kier alpha value is -2.27. The third-order valence-corrected chi connectivity index (χ3v) is 5.33. The predicted molar refractivity (Wildman–Crippen MR) is 98.8 cm³/mol. The minimum Gasteiger partial charge on any atom is -0.352 e. The van der Waals surface area contributed by atoms with Gasteiger partial charge < -0.3 is 5.32 Å². The number of aromatic nitrogens is 2. The number of amides is 1. The molecule has 4 nitrogen and oxygen atoms in total. The van der Waals surface area contributed by atoms with Gasteiger partial charge in [-0.05, 0) is 45.4 Å². The van der Waals surface area contributed by atoms with Crippen LogP contribution >= 0.6 is 11.3 Å². The van der Waals surface area contributed by atoms with Gasteiger partial charge in [-0.2, -0.15) is 0 Å². The van der Waals surface area contributed by atoms with Crippen LogP contribution in [0.25, 0.3) is 10.9 Å². The fourth-order valence-electron chi connectivity index (χ4n) is 2.83. The first-order valence-corrected chi connectivity index (χ1v) is 8.90. The van der Waals surface area contributed by atoms with Crippen LogP contribution in [0.15, 0.2) is 23.7 Å². The number of hydrogen-bond acceptors (Lipinski definition) is 4. The van der Waals surface area contributed by atoms with E-state index in [2.05, 4.69) is 15.3 Å². The first-order valence-electron chi connectivity index (χ1n) is 8.02. The molecule has 2 aromatic heterocycles. The Morgan fingerprint density at radius 2 is 1.96 bits per heavy atom. The molecule has 1 N–H and O–H groups in total. The summed E-state index contributed by atoms with van der Waals surface area (Å²) in [5.41, 5.74) is 7.47. The number of aryl methyl sites for hydroxylation is 3. The van der Waals surface area contributed by atoms with Gasteiger partial charge in [-0.3, -0.25) is 9.78 Å². The third kappa shape index (κ3) is 3.17. The van der Waals surface area contributed by atoms with E-state index in [9.17, 15) is 4.79 Å². The van der Waals surface area contributed by atoms with E-state index in [1.54, 1.807) is 11.3 Å². The standard InChI is InChI=1S/C19H21N3OS/c1-11-5-6-16-15(9-11)18(12(2)13(3)22-16)19(23)20-8-7-17-14(4)21-10-24-17/h5-6,9-10H,7-8H2,1-4H3,(H,20,23). The molecule has 2 heterocycles. The van der Waals surface area contributed by atoms with Crippen molar-refractivity contribution in [3.8, 4) is 0 Å². The number of hydrogen-bond donors (Lipinski definition) is 1. The number of benzene rings is 1. The Balaban J connectivity index is 1.87. The molecule has 0 unspecified atom stereocenters. The highest BCUT2D eigenvalue weighted by Gasteiger charge is 2.16. The number of carbonyl (C=O) groups is 1. The molecule has 3 aromatic rings. The zero-order valence-corrected chi connectivity index (χ0v) is 15.3. The van der Waals surface area contributed by atoms with Gasteiger partial charge in [-0.15, -0.1) is 11.3 Å². The molecule has 0 spiro atoms. The first-order chi connectivity index (χ1) is 11.5. The number of nitrogens with one attached hydrogen (secondary N) is 1. The van der Waals surface area contributed by atoms with Gasteiger partial charge in [-0.25, -0.2) is 4.98 Å². The Morgan fingerprint density at radius 3 is 2.67 bits per heavy atom. The molecule has 124 valence electrons. The summed E-state index contributed by atoms with van der Waals surface area (Å²) in [6.07, 6.45) is 0.808. The van der Waals surface area contributed by atoms with Crippen LogP contribution in [0.5, 0.6) is 0 Å². The lowest BCUT2D eigenvalue weighted by Gasteiger charge is -2.13. The topological polar surface area (TPSA) is 54.9 Å². The average Bonchev–Trinajstić information content (AvgIpc) is 2.94. The Bertz CT molecular complexity index is 914. The molecule has 1 amide bonds. The van der Waals surface area contributed by atoms with E-state index in [0.29, 0.717) is 6.54 Å². The summed E-state index contributed by atoms with van der Waals surface area (Å²) in [6.45, 7) is 8.55. The smallest absolute Gasteiger partial charge is 0.252 e. The van der Waals surface area contributed by atoms with Gasteiger partial charge in [0.1, 0.15) is 0 Å². The summed E-state index contributed by atoms with van der Waals surface area (Å²) in [5, 5.41) is 3.98. The molecule has 3 rings (SSSR count). The number of nitrogens with zero attached hydrogens (tertiary/aromatic N) is 2. The summed E-state index contributed by atoms with van der Waals surface area (Å²) in [5.74, 6) is -0.0317. The van der Waals surface area contributed by atoms with Gasteiger partial charge in [-0.1, -0.05) is 11.6 Å². The molecular weight excluding hydrogens is 318 g/mol. The Labute approximate surface area is 146 Å². The highest BCUT2D eigenvalue weighted by atomic mass is 32.1. The number of rotatable bonds is 4. The van der Waals surface area contributed by atoms with Gasteiger partial charge in [0.2, 0.25) is 0 Å². The molecule has 0 aliphatic heterocycles. The van der Waals surface area contributed by atoms with E-state index < -0.39 is 0 Å². The lowest BCUT2D eigenvalue weighted by Crippen LogP contribution is -2.27. The minimum absolute atomic E-state index is 0.0317. The van der Waals surface area contributed by atoms with Crippen LogP contribution in [-0.4, -0.2) is 22.4 Å². The fraction of sp³-hybridized carbons (Fsp3) is 0.316. The molecule has 0 fully saturated rings. The van der Waals surface area contributed by atoms with Gasteiger partial charge in [0.25, 0.3) is 5.91 Å². The van der Waals surface area contributed by atoms with Crippen molar-refractivity contribution in [3.05, 3.63) is 56.7 Å². The van der Waals surface area contributed by atoms with Gasteiger partial charge >= 0.3 is 0 Å². The van der Waals surface area contributed by atoms with E-state index in [4.69, 9.17) is 0 Å². The molecule has 24 heavy (non-hydrogen) atoms. The second-order valence-electron chi connectivity index (χ2n) is 6.08. The maximum absolute atomic E-state index is 12.8. The van der Waals surface area contributed by atoms with Crippen molar-refractivity contribution >= 4 is 28.1 Å². The second kappa shape index (κ2) is 6.69. The SMILES string of the molecule is Cc1ccc2nc(C)c(C)c(C(=O)NCCc3scnc3C)c2c1. The average molecular weight is 339 g/mol. The normalized spacial score (nSPS) is 11.0. The van der Waals surface area contributed by atoms with Crippen LogP contribution in [0.3, 0.4) is 0 Å². The third-order valence-electron chi connectivity index (χ3n) is 4.34. The molecule has 0 atom stereocenters. The van der Waals surface area contributed by atoms with Gasteiger partial charge in [0.15, 0.2) is 0 Å².